The van der Waals surface area contributed by atoms with Crippen molar-refractivity contribution in [2.24, 2.45) is 5.73 Å². The lowest BCUT2D eigenvalue weighted by atomic mass is 10.4. The van der Waals surface area contributed by atoms with Crippen molar-refractivity contribution < 1.29 is 9.53 Å². The molecule has 1 aliphatic rings. The van der Waals surface area contributed by atoms with Gasteiger partial charge >= 0.3 is 0 Å². The lowest BCUT2D eigenvalue weighted by Gasteiger charge is -2.18. The second kappa shape index (κ2) is 4.37. The molecule has 0 spiro atoms. The van der Waals surface area contributed by atoms with Crippen LogP contribution in [0.1, 0.15) is 6.42 Å². The summed E-state index contributed by atoms with van der Waals surface area (Å²) in [5.41, 5.74) is 5.33. The quantitative estimate of drug-likeness (QED) is 0.595. The first-order valence-corrected chi connectivity index (χ1v) is 4.25. The van der Waals surface area contributed by atoms with Crippen LogP contribution in [-0.2, 0) is 9.53 Å². The van der Waals surface area contributed by atoms with Crippen LogP contribution in [0, 0.1) is 0 Å². The molecule has 68 valence electrons. The second-order valence-corrected chi connectivity index (χ2v) is 3.17. The summed E-state index contributed by atoms with van der Waals surface area (Å²) in [4.78, 5) is 13.3. The number of nitrogens with two attached hydrogens (primary N) is 1. The van der Waals surface area contributed by atoms with Gasteiger partial charge in [0, 0.05) is 6.54 Å². The molecule has 1 amide bonds. The van der Waals surface area contributed by atoms with E-state index in [0.29, 0.717) is 37.7 Å². The third-order valence-corrected chi connectivity index (χ3v) is 1.79. The number of hydrogen-bond donors (Lipinski definition) is 1. The molecule has 2 N–H and O–H groups in total. The van der Waals surface area contributed by atoms with E-state index in [9.17, 15) is 4.79 Å². The van der Waals surface area contributed by atoms with Gasteiger partial charge in [-0.25, -0.2) is 0 Å². The van der Waals surface area contributed by atoms with Gasteiger partial charge in [-0.15, -0.1) is 0 Å². The highest BCUT2D eigenvalue weighted by atomic mass is 32.1. The first-order chi connectivity index (χ1) is 5.70. The number of hydrogen-bond acceptors (Lipinski definition) is 3. The smallest absolute Gasteiger partial charge is 0.225 e. The van der Waals surface area contributed by atoms with Gasteiger partial charge in [0.15, 0.2) is 0 Å². The topological polar surface area (TPSA) is 55.6 Å². The van der Waals surface area contributed by atoms with E-state index in [1.165, 1.54) is 0 Å². The molecule has 1 fully saturated rings. The lowest BCUT2D eigenvalue weighted by Crippen LogP contribution is -2.38. The van der Waals surface area contributed by atoms with Gasteiger partial charge in [0.2, 0.25) is 5.91 Å². The molecule has 1 saturated heterocycles. The van der Waals surface area contributed by atoms with E-state index in [0.717, 1.165) is 0 Å². The lowest BCUT2D eigenvalue weighted by molar-refractivity contribution is -0.129. The maximum Gasteiger partial charge on any atom is 0.225 e. The Labute approximate surface area is 76.7 Å². The molecule has 0 aliphatic carbocycles. The Morgan fingerprint density at radius 1 is 1.67 bits per heavy atom. The Balaban J connectivity index is 2.47. The Kier molecular flexibility index (Phi) is 3.43. The first-order valence-electron chi connectivity index (χ1n) is 3.84. The molecule has 1 aliphatic heterocycles. The van der Waals surface area contributed by atoms with E-state index in [2.05, 4.69) is 0 Å². The normalized spacial score (nSPS) is 19.0. The van der Waals surface area contributed by atoms with Crippen molar-refractivity contribution in [2.45, 2.75) is 6.42 Å². The largest absolute Gasteiger partial charge is 0.392 e. The summed E-state index contributed by atoms with van der Waals surface area (Å²) in [6, 6.07) is 0. The second-order valence-electron chi connectivity index (χ2n) is 2.64. The Morgan fingerprint density at radius 3 is 3.08 bits per heavy atom. The van der Waals surface area contributed by atoms with Crippen molar-refractivity contribution in [1.29, 1.82) is 0 Å². The summed E-state index contributed by atoms with van der Waals surface area (Å²) in [7, 11) is 0. The first kappa shape index (κ1) is 9.41. The average Bonchev–Trinajstić information content (AvgIpc) is 2.16. The number of carbonyl (C=O) groups excluding carboxylic acids is 1. The molecule has 0 bridgehead atoms. The van der Waals surface area contributed by atoms with Crippen LogP contribution in [0.2, 0.25) is 0 Å². The minimum atomic E-state index is 0.0697. The van der Waals surface area contributed by atoms with E-state index in [4.69, 9.17) is 22.7 Å². The molecule has 0 aromatic rings. The van der Waals surface area contributed by atoms with Crippen molar-refractivity contribution in [3.8, 4) is 0 Å². The van der Waals surface area contributed by atoms with Gasteiger partial charge in [0.05, 0.1) is 31.2 Å². The van der Waals surface area contributed by atoms with Crippen molar-refractivity contribution in [2.75, 3.05) is 26.3 Å². The summed E-state index contributed by atoms with van der Waals surface area (Å²) in [6.45, 7) is 2.05. The SMILES string of the molecule is NC(=S)CN1CCOCCC1=O. The number of nitrogens with zero attached hydrogens (tertiary/aromatic N) is 1. The zero-order chi connectivity index (χ0) is 8.97. The molecule has 4 nitrogen and oxygen atoms in total. The Morgan fingerprint density at radius 2 is 2.42 bits per heavy atom. The highest BCUT2D eigenvalue weighted by Gasteiger charge is 2.16. The fourth-order valence-electron chi connectivity index (χ4n) is 1.07. The van der Waals surface area contributed by atoms with Crippen LogP contribution >= 0.6 is 12.2 Å². The van der Waals surface area contributed by atoms with Crippen LogP contribution in [0.15, 0.2) is 0 Å². The molecule has 0 unspecified atom stereocenters. The summed E-state index contributed by atoms with van der Waals surface area (Å²) in [5.74, 6) is 0.0697. The van der Waals surface area contributed by atoms with Gasteiger partial charge in [0.1, 0.15) is 0 Å². The molecule has 5 heteroatoms. The van der Waals surface area contributed by atoms with Gasteiger partial charge in [-0.1, -0.05) is 12.2 Å². The Bertz CT molecular complexity index is 196. The van der Waals surface area contributed by atoms with E-state index in [-0.39, 0.29) is 5.91 Å². The van der Waals surface area contributed by atoms with Crippen molar-refractivity contribution in [3.05, 3.63) is 0 Å². The molecule has 12 heavy (non-hydrogen) atoms. The fraction of sp³-hybridized carbons (Fsp3) is 0.714. The van der Waals surface area contributed by atoms with E-state index in [1.54, 1.807) is 4.90 Å². The molecule has 0 aromatic carbocycles. The fourth-order valence-corrected chi connectivity index (χ4v) is 1.23. The highest BCUT2D eigenvalue weighted by molar-refractivity contribution is 7.80. The number of thiocarbonyl (C=S) groups is 1. The van der Waals surface area contributed by atoms with Gasteiger partial charge in [0.25, 0.3) is 0 Å². The predicted molar refractivity (Wildman–Crippen MR) is 48.8 cm³/mol. The zero-order valence-corrected chi connectivity index (χ0v) is 7.60. The van der Waals surface area contributed by atoms with E-state index >= 15 is 0 Å². The Hall–Kier alpha value is -0.680. The van der Waals surface area contributed by atoms with Crippen LogP contribution in [0.5, 0.6) is 0 Å². The summed E-state index contributed by atoms with van der Waals surface area (Å²) in [5, 5.41) is 0. The van der Waals surface area contributed by atoms with Crippen molar-refractivity contribution >= 4 is 23.1 Å². The van der Waals surface area contributed by atoms with Crippen molar-refractivity contribution in [1.82, 2.24) is 4.90 Å². The molecular formula is C7H12N2O2S. The zero-order valence-electron chi connectivity index (χ0n) is 6.78. The number of amides is 1. The molecule has 1 heterocycles. The minimum absolute atomic E-state index is 0.0697. The summed E-state index contributed by atoms with van der Waals surface area (Å²) >= 11 is 4.72. The van der Waals surface area contributed by atoms with Gasteiger partial charge in [-0.3, -0.25) is 4.79 Å². The van der Waals surface area contributed by atoms with Crippen LogP contribution < -0.4 is 5.73 Å². The number of carbonyl (C=O) groups is 1. The van der Waals surface area contributed by atoms with Gasteiger partial charge in [-0.2, -0.15) is 0 Å². The molecule has 1 rings (SSSR count). The summed E-state index contributed by atoms with van der Waals surface area (Å²) in [6.07, 6.45) is 0.433. The molecule has 0 saturated carbocycles. The van der Waals surface area contributed by atoms with E-state index < -0.39 is 0 Å². The highest BCUT2D eigenvalue weighted by Crippen LogP contribution is 2.00. The molecular weight excluding hydrogens is 176 g/mol. The third kappa shape index (κ3) is 2.75. The van der Waals surface area contributed by atoms with Crippen LogP contribution in [0.25, 0.3) is 0 Å². The predicted octanol–water partition coefficient (Wildman–Crippen LogP) is -0.479. The third-order valence-electron chi connectivity index (χ3n) is 1.67. The monoisotopic (exact) mass is 188 g/mol. The molecule has 0 aromatic heterocycles. The molecule has 0 atom stereocenters. The maximum absolute atomic E-state index is 11.3. The molecule has 0 radical (unpaired) electrons. The standard InChI is InChI=1S/C7H12N2O2S/c8-6(12)5-9-2-4-11-3-1-7(9)10/h1-5H2,(H2,8,12). The van der Waals surface area contributed by atoms with Crippen LogP contribution in [0.4, 0.5) is 0 Å². The number of rotatable bonds is 2. The van der Waals surface area contributed by atoms with Gasteiger partial charge < -0.3 is 15.4 Å². The minimum Gasteiger partial charge on any atom is -0.392 e. The van der Waals surface area contributed by atoms with Crippen LogP contribution in [0.3, 0.4) is 0 Å². The van der Waals surface area contributed by atoms with Gasteiger partial charge in [-0.05, 0) is 0 Å². The van der Waals surface area contributed by atoms with E-state index in [1.807, 2.05) is 0 Å². The summed E-state index contributed by atoms with van der Waals surface area (Å²) < 4.78 is 5.13. The number of ether oxygens (including phenoxy) is 1. The van der Waals surface area contributed by atoms with Crippen LogP contribution in [-0.4, -0.2) is 42.1 Å². The van der Waals surface area contributed by atoms with Crippen molar-refractivity contribution in [3.63, 3.8) is 0 Å². The average molecular weight is 188 g/mol. The maximum atomic E-state index is 11.3.